The summed E-state index contributed by atoms with van der Waals surface area (Å²) < 4.78 is 26.2. The Morgan fingerprint density at radius 3 is 2.23 bits per heavy atom. The van der Waals surface area contributed by atoms with E-state index in [0.717, 1.165) is 12.1 Å². The number of aliphatic hydroxyl groups excluding tert-OH is 1. The van der Waals surface area contributed by atoms with Crippen LogP contribution in [0, 0.1) is 11.6 Å². The lowest BCUT2D eigenvalue weighted by molar-refractivity contribution is 0.202. The summed E-state index contributed by atoms with van der Waals surface area (Å²) in [5.41, 5.74) is 3.85. The number of hydrogen-bond acceptors (Lipinski definition) is 2. The summed E-state index contributed by atoms with van der Waals surface area (Å²) in [6.07, 6.45) is 0. The fourth-order valence-electron chi connectivity index (χ4n) is 1.12. The predicted molar refractivity (Wildman–Crippen MR) is 45.0 cm³/mol. The summed E-state index contributed by atoms with van der Waals surface area (Å²) in [6.45, 7) is 0.860. The number of rotatable bonds is 2. The molecule has 3 N–H and O–H groups in total. The summed E-state index contributed by atoms with van der Waals surface area (Å²) in [5, 5.41) is 8.84. The largest absolute Gasteiger partial charge is 0.394 e. The van der Waals surface area contributed by atoms with Gasteiger partial charge in [0.15, 0.2) is 0 Å². The van der Waals surface area contributed by atoms with Gasteiger partial charge in [0.2, 0.25) is 0 Å². The van der Waals surface area contributed by atoms with Gasteiger partial charge in [0.1, 0.15) is 11.6 Å². The molecular weight excluding hydrogens is 176 g/mol. The molecule has 0 aliphatic heterocycles. The van der Waals surface area contributed by atoms with E-state index in [2.05, 4.69) is 0 Å². The van der Waals surface area contributed by atoms with Crippen molar-refractivity contribution in [2.75, 3.05) is 6.61 Å². The molecule has 4 heteroatoms. The quantitative estimate of drug-likeness (QED) is 0.729. The molecule has 0 aromatic heterocycles. The topological polar surface area (TPSA) is 46.2 Å². The molecule has 0 amide bonds. The van der Waals surface area contributed by atoms with Crippen molar-refractivity contribution in [3.8, 4) is 0 Å². The molecule has 1 aromatic carbocycles. The van der Waals surface area contributed by atoms with Crippen LogP contribution in [0.5, 0.6) is 0 Å². The van der Waals surface area contributed by atoms with E-state index in [1.165, 1.54) is 13.0 Å². The van der Waals surface area contributed by atoms with Gasteiger partial charge in [-0.1, -0.05) is 6.07 Å². The molecule has 0 aliphatic carbocycles. The highest BCUT2D eigenvalue weighted by molar-refractivity contribution is 5.26. The van der Waals surface area contributed by atoms with Gasteiger partial charge in [0.05, 0.1) is 12.1 Å². The van der Waals surface area contributed by atoms with Crippen LogP contribution >= 0.6 is 0 Å². The molecule has 0 fully saturated rings. The van der Waals surface area contributed by atoms with Gasteiger partial charge in [0, 0.05) is 5.56 Å². The van der Waals surface area contributed by atoms with Crippen molar-refractivity contribution in [2.45, 2.75) is 12.5 Å². The fraction of sp³-hybridized carbons (Fsp3) is 0.333. The highest BCUT2D eigenvalue weighted by atomic mass is 19.1. The second-order valence-electron chi connectivity index (χ2n) is 3.17. The van der Waals surface area contributed by atoms with Crippen molar-refractivity contribution in [3.05, 3.63) is 35.4 Å². The molecule has 13 heavy (non-hydrogen) atoms. The Morgan fingerprint density at radius 1 is 1.38 bits per heavy atom. The minimum absolute atomic E-state index is 0.280. The van der Waals surface area contributed by atoms with E-state index < -0.39 is 23.8 Å². The van der Waals surface area contributed by atoms with Gasteiger partial charge in [-0.3, -0.25) is 0 Å². The van der Waals surface area contributed by atoms with Crippen molar-refractivity contribution in [1.29, 1.82) is 0 Å². The third-order valence-electron chi connectivity index (χ3n) is 1.86. The molecule has 1 atom stereocenters. The molecular formula is C9H11F2NO. The van der Waals surface area contributed by atoms with E-state index in [4.69, 9.17) is 10.8 Å². The van der Waals surface area contributed by atoms with Gasteiger partial charge in [-0.2, -0.15) is 0 Å². The molecule has 0 saturated carbocycles. The number of nitrogens with two attached hydrogens (primary N) is 1. The summed E-state index contributed by atoms with van der Waals surface area (Å²) in [7, 11) is 0. The molecule has 1 rings (SSSR count). The van der Waals surface area contributed by atoms with Crippen LogP contribution in [0.25, 0.3) is 0 Å². The van der Waals surface area contributed by atoms with Crippen molar-refractivity contribution < 1.29 is 13.9 Å². The van der Waals surface area contributed by atoms with E-state index >= 15 is 0 Å². The summed E-state index contributed by atoms with van der Waals surface area (Å²) in [6, 6.07) is 3.47. The average molecular weight is 187 g/mol. The highest BCUT2D eigenvalue weighted by Gasteiger charge is 2.27. The number of halogens is 2. The molecule has 0 bridgehead atoms. The second kappa shape index (κ2) is 3.40. The molecule has 0 heterocycles. The first-order chi connectivity index (χ1) is 5.99. The maximum absolute atomic E-state index is 13.1. The van der Waals surface area contributed by atoms with E-state index in [1.807, 2.05) is 0 Å². The van der Waals surface area contributed by atoms with Gasteiger partial charge < -0.3 is 10.8 Å². The minimum Gasteiger partial charge on any atom is -0.394 e. The molecule has 1 aromatic rings. The van der Waals surface area contributed by atoms with Gasteiger partial charge in [-0.25, -0.2) is 8.78 Å². The van der Waals surface area contributed by atoms with Crippen LogP contribution in [0.2, 0.25) is 0 Å². The standard InChI is InChI=1S/C9H11F2NO/c1-9(12,5-13)8-6(10)3-2-4-7(8)11/h2-4,13H,5,12H2,1H3/t9-/m0/s1. The van der Waals surface area contributed by atoms with Crippen LogP contribution in [0.15, 0.2) is 18.2 Å². The Morgan fingerprint density at radius 2 is 1.85 bits per heavy atom. The first-order valence-electron chi connectivity index (χ1n) is 3.83. The van der Waals surface area contributed by atoms with Gasteiger partial charge in [-0.15, -0.1) is 0 Å². The van der Waals surface area contributed by atoms with Crippen molar-refractivity contribution in [2.24, 2.45) is 5.73 Å². The Bertz CT molecular complexity index is 292. The molecule has 0 aliphatic rings. The lowest BCUT2D eigenvalue weighted by Gasteiger charge is -2.23. The maximum Gasteiger partial charge on any atom is 0.131 e. The average Bonchev–Trinajstić information content (AvgIpc) is 2.03. The normalized spacial score (nSPS) is 15.5. The SMILES string of the molecule is C[C@](N)(CO)c1c(F)cccc1F. The van der Waals surface area contributed by atoms with Crippen LogP contribution in [0.4, 0.5) is 8.78 Å². The molecule has 72 valence electrons. The third-order valence-corrected chi connectivity index (χ3v) is 1.86. The zero-order valence-corrected chi connectivity index (χ0v) is 7.22. The van der Waals surface area contributed by atoms with E-state index in [1.54, 1.807) is 0 Å². The number of aliphatic hydroxyl groups is 1. The van der Waals surface area contributed by atoms with Crippen LogP contribution in [0.1, 0.15) is 12.5 Å². The van der Waals surface area contributed by atoms with Crippen LogP contribution < -0.4 is 5.73 Å². The van der Waals surface area contributed by atoms with Crippen molar-refractivity contribution in [1.82, 2.24) is 0 Å². The zero-order valence-electron chi connectivity index (χ0n) is 7.22. The lowest BCUT2D eigenvalue weighted by atomic mass is 9.93. The van der Waals surface area contributed by atoms with E-state index in [9.17, 15) is 8.78 Å². The molecule has 0 unspecified atom stereocenters. The van der Waals surface area contributed by atoms with Crippen LogP contribution in [-0.4, -0.2) is 11.7 Å². The second-order valence-corrected chi connectivity index (χ2v) is 3.17. The van der Waals surface area contributed by atoms with Crippen molar-refractivity contribution in [3.63, 3.8) is 0 Å². The zero-order chi connectivity index (χ0) is 10.1. The molecule has 0 radical (unpaired) electrons. The minimum atomic E-state index is -1.38. The summed E-state index contributed by atoms with van der Waals surface area (Å²) >= 11 is 0. The maximum atomic E-state index is 13.1. The number of hydrogen-bond donors (Lipinski definition) is 2. The third kappa shape index (κ3) is 1.84. The van der Waals surface area contributed by atoms with Gasteiger partial charge in [0.25, 0.3) is 0 Å². The van der Waals surface area contributed by atoms with Gasteiger partial charge >= 0.3 is 0 Å². The van der Waals surface area contributed by atoms with Crippen LogP contribution in [-0.2, 0) is 5.54 Å². The molecule has 2 nitrogen and oxygen atoms in total. The Labute approximate surface area is 75.0 Å². The lowest BCUT2D eigenvalue weighted by Crippen LogP contribution is -2.38. The first kappa shape index (κ1) is 10.1. The van der Waals surface area contributed by atoms with E-state index in [0.29, 0.717) is 0 Å². The Balaban J connectivity index is 3.28. The van der Waals surface area contributed by atoms with Crippen LogP contribution in [0.3, 0.4) is 0 Å². The predicted octanol–water partition coefficient (Wildman–Crippen LogP) is 1.13. The molecule has 0 spiro atoms. The Kier molecular flexibility index (Phi) is 2.63. The smallest absolute Gasteiger partial charge is 0.131 e. The fourth-order valence-corrected chi connectivity index (χ4v) is 1.12. The Hall–Kier alpha value is -1.00. The first-order valence-corrected chi connectivity index (χ1v) is 3.83. The van der Waals surface area contributed by atoms with E-state index in [-0.39, 0.29) is 5.56 Å². The summed E-state index contributed by atoms with van der Waals surface area (Å²) in [4.78, 5) is 0. The van der Waals surface area contributed by atoms with Crippen molar-refractivity contribution >= 4 is 0 Å². The molecule has 0 saturated heterocycles. The highest BCUT2D eigenvalue weighted by Crippen LogP contribution is 2.23. The summed E-state index contributed by atoms with van der Waals surface area (Å²) in [5.74, 6) is -1.47. The van der Waals surface area contributed by atoms with Gasteiger partial charge in [-0.05, 0) is 19.1 Å². The monoisotopic (exact) mass is 187 g/mol. The number of benzene rings is 1.